The molecule has 0 aliphatic carbocycles. The summed E-state index contributed by atoms with van der Waals surface area (Å²) in [4.78, 5) is 0. The fourth-order valence-corrected chi connectivity index (χ4v) is 0.385. The first-order valence-electron chi connectivity index (χ1n) is 3.82. The third kappa shape index (κ3) is 41.7. The van der Waals surface area contributed by atoms with Crippen LogP contribution in [-0.4, -0.2) is 12.5 Å². The molecule has 0 aromatic heterocycles. The van der Waals surface area contributed by atoms with Crippen molar-refractivity contribution in [1.82, 2.24) is 0 Å². The highest BCUT2D eigenvalue weighted by atomic mass is 32.2. The Bertz CT molecular complexity index is 88.1. The maximum absolute atomic E-state index is 2.04. The summed E-state index contributed by atoms with van der Waals surface area (Å²) in [7, 11) is 0. The number of hydrogen-bond acceptors (Lipinski definition) is 1. The number of benzene rings is 1. The summed E-state index contributed by atoms with van der Waals surface area (Å²) < 4.78 is 0. The van der Waals surface area contributed by atoms with E-state index in [2.05, 4.69) is 0 Å². The summed E-state index contributed by atoms with van der Waals surface area (Å²) in [5.74, 6) is 0. The van der Waals surface area contributed by atoms with E-state index in [-0.39, 0.29) is 22.3 Å². The minimum absolute atomic E-state index is 0. The molecule has 0 aliphatic rings. The molecule has 0 atom stereocenters. The van der Waals surface area contributed by atoms with Crippen molar-refractivity contribution in [3.8, 4) is 0 Å². The van der Waals surface area contributed by atoms with Crippen molar-refractivity contribution in [2.45, 2.75) is 36.1 Å². The van der Waals surface area contributed by atoms with Gasteiger partial charge < -0.3 is 0 Å². The van der Waals surface area contributed by atoms with E-state index in [0.717, 1.165) is 0 Å². The molecule has 0 heterocycles. The molecule has 1 aromatic rings. The molecule has 1 rings (SSSR count). The molecule has 1 aromatic carbocycles. The van der Waals surface area contributed by atoms with Gasteiger partial charge in [0.15, 0.2) is 0 Å². The van der Waals surface area contributed by atoms with Gasteiger partial charge in [-0.1, -0.05) is 72.5 Å². The normalized spacial score (nSPS) is 5.14. The van der Waals surface area contributed by atoms with Crippen LogP contribution in [0.1, 0.15) is 36.1 Å². The van der Waals surface area contributed by atoms with Crippen molar-refractivity contribution in [2.75, 3.05) is 12.5 Å². The van der Waals surface area contributed by atoms with Crippen molar-refractivity contribution in [1.29, 1.82) is 0 Å². The van der Waals surface area contributed by atoms with Crippen LogP contribution in [0.15, 0.2) is 36.4 Å². The van der Waals surface area contributed by atoms with Gasteiger partial charge in [0.2, 0.25) is 0 Å². The Balaban J connectivity index is -0.0000000305. The molecule has 0 bridgehead atoms. The van der Waals surface area contributed by atoms with Crippen molar-refractivity contribution in [2.24, 2.45) is 0 Å². The molecule has 0 saturated heterocycles. The van der Waals surface area contributed by atoms with E-state index in [4.69, 9.17) is 0 Å². The third-order valence-electron chi connectivity index (χ3n) is 0.667. The Morgan fingerprint density at radius 2 is 0.643 bits per heavy atom. The van der Waals surface area contributed by atoms with Gasteiger partial charge in [-0.3, -0.25) is 0 Å². The molecule has 0 fully saturated rings. The molecule has 0 amide bonds. The van der Waals surface area contributed by atoms with E-state index < -0.39 is 0 Å². The zero-order valence-corrected chi connectivity index (χ0v) is 8.69. The van der Waals surface area contributed by atoms with Crippen molar-refractivity contribution >= 4 is 11.8 Å². The molecule has 0 nitrogen and oxygen atoms in total. The van der Waals surface area contributed by atoms with Crippen LogP contribution in [-0.2, 0) is 0 Å². The summed E-state index contributed by atoms with van der Waals surface area (Å²) in [6, 6.07) is 12.0. The first-order chi connectivity index (χ1) is 5.41. The van der Waals surface area contributed by atoms with Crippen molar-refractivity contribution < 1.29 is 0 Å². The Kier molecular flexibility index (Phi) is 81.3. The van der Waals surface area contributed by atoms with Gasteiger partial charge in [0.25, 0.3) is 0 Å². The van der Waals surface area contributed by atoms with Gasteiger partial charge in [0.05, 0.1) is 0 Å². The van der Waals surface area contributed by atoms with Gasteiger partial charge in [-0.2, -0.15) is 11.8 Å². The van der Waals surface area contributed by atoms with E-state index in [1.165, 1.54) is 0 Å². The van der Waals surface area contributed by atoms with Crippen LogP contribution in [0.2, 0.25) is 0 Å². The number of thioether (sulfide) groups is 1. The van der Waals surface area contributed by atoms with Crippen LogP contribution in [0.5, 0.6) is 0 Å². The molecule has 1 heteroatoms. The van der Waals surface area contributed by atoms with Crippen LogP contribution in [0.4, 0.5) is 0 Å². The van der Waals surface area contributed by atoms with Gasteiger partial charge in [-0.15, -0.1) is 0 Å². The summed E-state index contributed by atoms with van der Waals surface area (Å²) in [5.41, 5.74) is 0. The van der Waals surface area contributed by atoms with Crippen LogP contribution >= 0.6 is 11.8 Å². The first-order valence-corrected chi connectivity index (χ1v) is 5.45. The summed E-state index contributed by atoms with van der Waals surface area (Å²) >= 11 is 1.75. The molecule has 0 spiro atoms. The number of rotatable bonds is 0. The lowest BCUT2D eigenvalue weighted by atomic mass is 10.4. The molecule has 0 aliphatic heterocycles. The van der Waals surface area contributed by atoms with Gasteiger partial charge in [0.1, 0.15) is 0 Å². The standard InChI is InChI=1S/C6H6.C2H6S.C2H6.3CH4/c1-2-4-6-5-3-1;1-3-2;1-2;;;/h1-6H;1-2H3;1-2H3;3*1H4. The number of hydrogen-bond donors (Lipinski definition) is 0. The highest BCUT2D eigenvalue weighted by molar-refractivity contribution is 7.97. The molecule has 0 radical (unpaired) electrons. The van der Waals surface area contributed by atoms with Gasteiger partial charge in [-0.25, -0.2) is 0 Å². The SMILES string of the molecule is C.C.C.CC.CSC.c1ccccc1. The second-order valence-corrected chi connectivity index (χ2v) is 2.38. The minimum atomic E-state index is 0. The van der Waals surface area contributed by atoms with Crippen LogP contribution in [0.3, 0.4) is 0 Å². The van der Waals surface area contributed by atoms with Gasteiger partial charge in [-0.05, 0) is 12.5 Å². The largest absolute Gasteiger partial charge is 0.169 e. The maximum atomic E-state index is 2.04. The van der Waals surface area contributed by atoms with E-state index in [1.54, 1.807) is 11.8 Å². The molecule has 0 N–H and O–H groups in total. The lowest BCUT2D eigenvalue weighted by Gasteiger charge is -1.69. The van der Waals surface area contributed by atoms with Gasteiger partial charge in [0, 0.05) is 0 Å². The predicted molar refractivity (Wildman–Crippen MR) is 77.4 cm³/mol. The maximum Gasteiger partial charge on any atom is -0.0187 e. The second-order valence-electron chi connectivity index (χ2n) is 1.56. The second kappa shape index (κ2) is 39.0. The molecule has 0 unspecified atom stereocenters. The molecule has 88 valence electrons. The van der Waals surface area contributed by atoms with Gasteiger partial charge >= 0.3 is 0 Å². The molecule has 0 saturated carbocycles. The Morgan fingerprint density at radius 3 is 0.714 bits per heavy atom. The molecule has 14 heavy (non-hydrogen) atoms. The highest BCUT2D eigenvalue weighted by Crippen LogP contribution is 1.79. The fraction of sp³-hybridized carbons (Fsp3) is 0.538. The van der Waals surface area contributed by atoms with Crippen LogP contribution < -0.4 is 0 Å². The predicted octanol–water partition coefficient (Wildman–Crippen LogP) is 5.60. The topological polar surface area (TPSA) is 0 Å². The van der Waals surface area contributed by atoms with Crippen LogP contribution in [0, 0.1) is 0 Å². The molecular weight excluding hydrogens is 188 g/mol. The lowest BCUT2D eigenvalue weighted by molar-refractivity contribution is 1.50. The zero-order valence-electron chi connectivity index (χ0n) is 7.87. The van der Waals surface area contributed by atoms with Crippen molar-refractivity contribution in [3.63, 3.8) is 0 Å². The lowest BCUT2D eigenvalue weighted by Crippen LogP contribution is -1.47. The van der Waals surface area contributed by atoms with Crippen LogP contribution in [0.25, 0.3) is 0 Å². The smallest absolute Gasteiger partial charge is 0.0187 e. The monoisotopic (exact) mass is 218 g/mol. The van der Waals surface area contributed by atoms with E-state index >= 15 is 0 Å². The van der Waals surface area contributed by atoms with E-state index in [9.17, 15) is 0 Å². The third-order valence-corrected chi connectivity index (χ3v) is 0.667. The first kappa shape index (κ1) is 29.2. The van der Waals surface area contributed by atoms with E-state index in [1.807, 2.05) is 62.8 Å². The van der Waals surface area contributed by atoms with E-state index in [0.29, 0.717) is 0 Å². The average Bonchev–Trinajstić information content (AvgIpc) is 2.12. The summed E-state index contributed by atoms with van der Waals surface area (Å²) in [5, 5.41) is 0. The summed E-state index contributed by atoms with van der Waals surface area (Å²) in [6.07, 6.45) is 4.08. The minimum Gasteiger partial charge on any atom is -0.169 e. The summed E-state index contributed by atoms with van der Waals surface area (Å²) in [6.45, 7) is 4.00. The quantitative estimate of drug-likeness (QED) is 0.546. The van der Waals surface area contributed by atoms with Crippen molar-refractivity contribution in [3.05, 3.63) is 36.4 Å². The highest BCUT2D eigenvalue weighted by Gasteiger charge is 1.57. The fourth-order valence-electron chi connectivity index (χ4n) is 0.385. The Hall–Kier alpha value is -0.430. The zero-order chi connectivity index (χ0) is 8.95. The Morgan fingerprint density at radius 1 is 0.571 bits per heavy atom. The molecular formula is C13H30S. The average molecular weight is 218 g/mol. The Labute approximate surface area is 97.1 Å².